The molecule has 104 valence electrons. The summed E-state index contributed by atoms with van der Waals surface area (Å²) >= 11 is 0. The van der Waals surface area contributed by atoms with E-state index in [4.69, 9.17) is 0 Å². The molecule has 0 unspecified atom stereocenters. The van der Waals surface area contributed by atoms with Crippen LogP contribution in [0.25, 0.3) is 0 Å². The van der Waals surface area contributed by atoms with E-state index in [0.29, 0.717) is 5.56 Å². The molecule has 0 aliphatic rings. The van der Waals surface area contributed by atoms with Gasteiger partial charge in [0.15, 0.2) is 0 Å². The molecule has 0 spiro atoms. The highest BCUT2D eigenvalue weighted by atomic mass is 16.1. The second-order valence-corrected chi connectivity index (χ2v) is 4.31. The zero-order valence-corrected chi connectivity index (χ0v) is 11.7. The van der Waals surface area contributed by atoms with E-state index in [9.17, 15) is 4.79 Å². The second kappa shape index (κ2) is 6.65. The maximum atomic E-state index is 12.3. The number of aryl methyl sites for hydroxylation is 1. The molecule has 0 aliphatic heterocycles. The van der Waals surface area contributed by atoms with Crippen molar-refractivity contribution < 1.29 is 4.79 Å². The Bertz CT molecular complexity index is 584. The van der Waals surface area contributed by atoms with Crippen molar-refractivity contribution in [2.75, 3.05) is 17.2 Å². The molecule has 0 aliphatic carbocycles. The van der Waals surface area contributed by atoms with Gasteiger partial charge < -0.3 is 10.6 Å². The average molecular weight is 270 g/mol. The molecule has 2 heterocycles. The van der Waals surface area contributed by atoms with Gasteiger partial charge in [-0.2, -0.15) is 0 Å². The summed E-state index contributed by atoms with van der Waals surface area (Å²) < 4.78 is 0. The van der Waals surface area contributed by atoms with Gasteiger partial charge in [-0.3, -0.25) is 9.78 Å². The van der Waals surface area contributed by atoms with Gasteiger partial charge in [-0.05, 0) is 37.6 Å². The second-order valence-electron chi connectivity index (χ2n) is 4.31. The molecule has 0 saturated carbocycles. The van der Waals surface area contributed by atoms with Crippen LogP contribution in [0.5, 0.6) is 0 Å². The van der Waals surface area contributed by atoms with E-state index in [2.05, 4.69) is 20.6 Å². The van der Waals surface area contributed by atoms with Crippen LogP contribution in [0.2, 0.25) is 0 Å². The van der Waals surface area contributed by atoms with E-state index in [0.717, 1.165) is 30.2 Å². The summed E-state index contributed by atoms with van der Waals surface area (Å²) in [5.74, 6) is 0.583. The predicted molar refractivity (Wildman–Crippen MR) is 80.0 cm³/mol. The van der Waals surface area contributed by atoms with Gasteiger partial charge in [-0.15, -0.1) is 0 Å². The molecule has 1 amide bonds. The van der Waals surface area contributed by atoms with Crippen molar-refractivity contribution in [3.63, 3.8) is 0 Å². The molecule has 2 N–H and O–H groups in total. The lowest BCUT2D eigenvalue weighted by Gasteiger charge is -2.09. The van der Waals surface area contributed by atoms with E-state index in [-0.39, 0.29) is 5.91 Å². The maximum absolute atomic E-state index is 12.3. The number of nitrogens with one attached hydrogen (secondary N) is 2. The number of nitrogens with zero attached hydrogens (tertiary/aromatic N) is 2. The Morgan fingerprint density at radius 2 is 1.95 bits per heavy atom. The fourth-order valence-corrected chi connectivity index (χ4v) is 1.81. The van der Waals surface area contributed by atoms with Crippen LogP contribution in [0.3, 0.4) is 0 Å². The van der Waals surface area contributed by atoms with Crippen LogP contribution in [0.4, 0.5) is 11.5 Å². The molecule has 0 bridgehead atoms. The Morgan fingerprint density at radius 3 is 2.60 bits per heavy atom. The topological polar surface area (TPSA) is 66.9 Å². The zero-order valence-electron chi connectivity index (χ0n) is 11.7. The third-order valence-corrected chi connectivity index (χ3v) is 2.80. The van der Waals surface area contributed by atoms with Crippen molar-refractivity contribution in [3.05, 3.63) is 47.9 Å². The van der Waals surface area contributed by atoms with E-state index in [1.165, 1.54) is 0 Å². The number of hydrogen-bond acceptors (Lipinski definition) is 4. The molecular formula is C15H18N4O. The van der Waals surface area contributed by atoms with E-state index in [1.807, 2.05) is 19.9 Å². The Morgan fingerprint density at radius 1 is 1.20 bits per heavy atom. The van der Waals surface area contributed by atoms with Crippen LogP contribution in [-0.4, -0.2) is 22.4 Å². The molecule has 2 aromatic rings. The van der Waals surface area contributed by atoms with Crippen LogP contribution < -0.4 is 10.6 Å². The fourth-order valence-electron chi connectivity index (χ4n) is 1.81. The Balaban J connectivity index is 2.22. The summed E-state index contributed by atoms with van der Waals surface area (Å²) in [5.41, 5.74) is 2.22. The van der Waals surface area contributed by atoms with Gasteiger partial charge in [0.1, 0.15) is 5.82 Å². The lowest BCUT2D eigenvalue weighted by Crippen LogP contribution is -2.14. The number of carbonyl (C=O) groups is 1. The number of hydrogen-bond donors (Lipinski definition) is 2. The summed E-state index contributed by atoms with van der Waals surface area (Å²) in [4.78, 5) is 20.6. The Hall–Kier alpha value is -2.43. The van der Waals surface area contributed by atoms with Crippen LogP contribution in [-0.2, 0) is 6.42 Å². The molecule has 5 nitrogen and oxygen atoms in total. The first-order valence-corrected chi connectivity index (χ1v) is 6.69. The number of aromatic nitrogens is 2. The summed E-state index contributed by atoms with van der Waals surface area (Å²) in [5, 5.41) is 5.98. The predicted octanol–water partition coefficient (Wildman–Crippen LogP) is 2.72. The monoisotopic (exact) mass is 270 g/mol. The minimum absolute atomic E-state index is 0.146. The minimum atomic E-state index is -0.146. The van der Waals surface area contributed by atoms with Crippen molar-refractivity contribution in [1.82, 2.24) is 9.97 Å². The SMILES string of the molecule is CCNc1cc(C(=O)Nc2ccncc2)cc(CC)n1. The first-order chi connectivity index (χ1) is 9.72. The van der Waals surface area contributed by atoms with Crippen LogP contribution in [0.1, 0.15) is 29.9 Å². The van der Waals surface area contributed by atoms with Gasteiger partial charge in [0.2, 0.25) is 0 Å². The van der Waals surface area contributed by atoms with Crippen LogP contribution in [0, 0.1) is 0 Å². The summed E-state index contributed by atoms with van der Waals surface area (Å²) in [7, 11) is 0. The molecule has 0 aromatic carbocycles. The molecule has 0 fully saturated rings. The highest BCUT2D eigenvalue weighted by molar-refractivity contribution is 6.04. The van der Waals surface area contributed by atoms with E-state index >= 15 is 0 Å². The highest BCUT2D eigenvalue weighted by Gasteiger charge is 2.09. The lowest BCUT2D eigenvalue weighted by molar-refractivity contribution is 0.102. The van der Waals surface area contributed by atoms with Crippen molar-refractivity contribution in [2.45, 2.75) is 20.3 Å². The standard InChI is InChI=1S/C15H18N4O/c1-3-12-9-11(10-14(18-12)17-4-2)15(20)19-13-5-7-16-8-6-13/h5-10H,3-4H2,1-2H3,(H,17,18)(H,16,19,20). The molecule has 5 heteroatoms. The zero-order chi connectivity index (χ0) is 14.4. The van der Waals surface area contributed by atoms with Crippen molar-refractivity contribution in [1.29, 1.82) is 0 Å². The summed E-state index contributed by atoms with van der Waals surface area (Å²) in [6.07, 6.45) is 4.07. The first-order valence-electron chi connectivity index (χ1n) is 6.69. The average Bonchev–Trinajstić information content (AvgIpc) is 2.48. The minimum Gasteiger partial charge on any atom is -0.370 e. The number of pyridine rings is 2. The number of anilines is 2. The van der Waals surface area contributed by atoms with Crippen molar-refractivity contribution in [3.8, 4) is 0 Å². The normalized spacial score (nSPS) is 10.1. The van der Waals surface area contributed by atoms with Gasteiger partial charge in [-0.1, -0.05) is 6.92 Å². The van der Waals surface area contributed by atoms with Gasteiger partial charge in [0, 0.05) is 35.9 Å². The Kier molecular flexibility index (Phi) is 4.65. The Labute approximate surface area is 118 Å². The molecule has 2 rings (SSSR count). The fraction of sp³-hybridized carbons (Fsp3) is 0.267. The quantitative estimate of drug-likeness (QED) is 0.876. The number of amides is 1. The molecule has 0 saturated heterocycles. The number of rotatable bonds is 5. The van der Waals surface area contributed by atoms with Crippen LogP contribution in [0.15, 0.2) is 36.7 Å². The van der Waals surface area contributed by atoms with Crippen LogP contribution >= 0.6 is 0 Å². The first kappa shape index (κ1) is 14.0. The molecule has 2 aromatic heterocycles. The van der Waals surface area contributed by atoms with Gasteiger partial charge >= 0.3 is 0 Å². The lowest BCUT2D eigenvalue weighted by atomic mass is 10.1. The largest absolute Gasteiger partial charge is 0.370 e. The van der Waals surface area contributed by atoms with Crippen molar-refractivity contribution in [2.24, 2.45) is 0 Å². The molecule has 0 radical (unpaired) electrons. The van der Waals surface area contributed by atoms with E-state index in [1.54, 1.807) is 30.6 Å². The molecule has 0 atom stereocenters. The summed E-state index contributed by atoms with van der Waals surface area (Å²) in [6.45, 7) is 4.78. The summed E-state index contributed by atoms with van der Waals surface area (Å²) in [6, 6.07) is 7.09. The maximum Gasteiger partial charge on any atom is 0.255 e. The molecular weight excluding hydrogens is 252 g/mol. The van der Waals surface area contributed by atoms with Gasteiger partial charge in [-0.25, -0.2) is 4.98 Å². The smallest absolute Gasteiger partial charge is 0.255 e. The third kappa shape index (κ3) is 3.54. The van der Waals surface area contributed by atoms with E-state index < -0.39 is 0 Å². The van der Waals surface area contributed by atoms with Gasteiger partial charge in [0.25, 0.3) is 5.91 Å². The number of carbonyl (C=O) groups excluding carboxylic acids is 1. The van der Waals surface area contributed by atoms with Crippen molar-refractivity contribution >= 4 is 17.4 Å². The molecule has 20 heavy (non-hydrogen) atoms. The highest BCUT2D eigenvalue weighted by Crippen LogP contribution is 2.13. The third-order valence-electron chi connectivity index (χ3n) is 2.80. The van der Waals surface area contributed by atoms with Gasteiger partial charge in [0.05, 0.1) is 0 Å².